The van der Waals surface area contributed by atoms with Gasteiger partial charge in [-0.05, 0) is 57.3 Å². The average molecular weight is 734 g/mol. The fourth-order valence-electron chi connectivity index (χ4n) is 9.20. The molecule has 13 aromatic rings. The highest BCUT2D eigenvalue weighted by Crippen LogP contribution is 2.48. The standard InChI is InChI=1S/C50H27N3S2/c1-3-13-31-28(11-1)23-26-41-43(31)37-24-22-30(27-42(37)54-41)46-38-25-21-29-12-2-4-14-32(29)47(38)52-50(51-46)53-39-19-9-7-17-35(39)44-33-15-5-6-16-34(33)45-36-18-8-10-20-40(36)55-49(45)48(44)53/h1-27H. The Morgan fingerprint density at radius 2 is 1.04 bits per heavy atom. The highest BCUT2D eigenvalue weighted by Gasteiger charge is 2.24. The molecule has 0 saturated heterocycles. The maximum Gasteiger partial charge on any atom is 0.235 e. The van der Waals surface area contributed by atoms with Gasteiger partial charge in [0.15, 0.2) is 0 Å². The third-order valence-corrected chi connectivity index (χ3v) is 13.9. The molecule has 0 N–H and O–H groups in total. The zero-order chi connectivity index (χ0) is 35.8. The van der Waals surface area contributed by atoms with E-state index in [1.54, 1.807) is 0 Å². The number of fused-ring (bicyclic) bond motifs is 18. The molecule has 55 heavy (non-hydrogen) atoms. The van der Waals surface area contributed by atoms with Gasteiger partial charge in [-0.15, -0.1) is 22.7 Å². The van der Waals surface area contributed by atoms with Crippen LogP contribution in [0.25, 0.3) is 123 Å². The van der Waals surface area contributed by atoms with E-state index in [9.17, 15) is 0 Å². The van der Waals surface area contributed by atoms with Gasteiger partial charge in [0.05, 0.1) is 26.9 Å². The van der Waals surface area contributed by atoms with Crippen molar-refractivity contribution in [3.63, 3.8) is 0 Å². The Bertz CT molecular complexity index is 3790. The van der Waals surface area contributed by atoms with Crippen LogP contribution in [0.1, 0.15) is 0 Å². The molecule has 4 aromatic heterocycles. The van der Waals surface area contributed by atoms with Crippen LogP contribution in [0.2, 0.25) is 0 Å². The fraction of sp³-hybridized carbons (Fsp3) is 0. The summed E-state index contributed by atoms with van der Waals surface area (Å²) in [5.74, 6) is 0.682. The smallest absolute Gasteiger partial charge is 0.235 e. The lowest BCUT2D eigenvalue weighted by molar-refractivity contribution is 1.02. The Kier molecular flexibility index (Phi) is 5.93. The zero-order valence-electron chi connectivity index (χ0n) is 29.2. The predicted octanol–water partition coefficient (Wildman–Crippen LogP) is 14.6. The molecule has 0 radical (unpaired) electrons. The molecule has 0 bridgehead atoms. The van der Waals surface area contributed by atoms with E-state index in [-0.39, 0.29) is 0 Å². The molecule has 0 fully saturated rings. The van der Waals surface area contributed by atoms with Gasteiger partial charge >= 0.3 is 0 Å². The Labute approximate surface area is 322 Å². The average Bonchev–Trinajstić information content (AvgIpc) is 3.93. The van der Waals surface area contributed by atoms with Crippen LogP contribution in [0.3, 0.4) is 0 Å². The van der Waals surface area contributed by atoms with Crippen molar-refractivity contribution in [3.8, 4) is 17.2 Å². The van der Waals surface area contributed by atoms with Gasteiger partial charge in [-0.3, -0.25) is 4.57 Å². The number of benzene rings is 9. The molecule has 0 spiro atoms. The first kappa shape index (κ1) is 29.8. The molecule has 3 nitrogen and oxygen atoms in total. The Balaban J connectivity index is 1.19. The van der Waals surface area contributed by atoms with Crippen LogP contribution in [0.4, 0.5) is 0 Å². The van der Waals surface area contributed by atoms with Gasteiger partial charge in [0.2, 0.25) is 5.95 Å². The van der Waals surface area contributed by atoms with E-state index in [2.05, 4.69) is 168 Å². The van der Waals surface area contributed by atoms with Crippen molar-refractivity contribution in [2.45, 2.75) is 0 Å². The van der Waals surface area contributed by atoms with Gasteiger partial charge in [-0.2, -0.15) is 0 Å². The first-order valence-electron chi connectivity index (χ1n) is 18.6. The fourth-order valence-corrected chi connectivity index (χ4v) is 11.6. The second-order valence-corrected chi connectivity index (χ2v) is 16.6. The Morgan fingerprint density at radius 1 is 0.400 bits per heavy atom. The minimum absolute atomic E-state index is 0.682. The van der Waals surface area contributed by atoms with Crippen LogP contribution in [0, 0.1) is 0 Å². The van der Waals surface area contributed by atoms with Crippen molar-refractivity contribution in [1.29, 1.82) is 0 Å². The van der Waals surface area contributed by atoms with E-state index in [0.29, 0.717) is 5.95 Å². The van der Waals surface area contributed by atoms with Crippen LogP contribution in [0.5, 0.6) is 0 Å². The molecule has 0 unspecified atom stereocenters. The van der Waals surface area contributed by atoms with E-state index in [0.717, 1.165) is 44.0 Å². The third kappa shape index (κ3) is 4.03. The molecule has 13 rings (SSSR count). The van der Waals surface area contributed by atoms with E-state index < -0.39 is 0 Å². The Hall–Kier alpha value is -6.66. The van der Waals surface area contributed by atoms with Crippen LogP contribution in [-0.2, 0) is 0 Å². The summed E-state index contributed by atoms with van der Waals surface area (Å²) in [4.78, 5) is 11.2. The summed E-state index contributed by atoms with van der Waals surface area (Å²) in [5.41, 5.74) is 5.25. The highest BCUT2D eigenvalue weighted by atomic mass is 32.1. The summed E-state index contributed by atoms with van der Waals surface area (Å²) < 4.78 is 7.45. The molecule has 5 heteroatoms. The van der Waals surface area contributed by atoms with Gasteiger partial charge in [-0.25, -0.2) is 9.97 Å². The number of hydrogen-bond donors (Lipinski definition) is 0. The lowest BCUT2D eigenvalue weighted by Crippen LogP contribution is -2.04. The molecule has 0 aliphatic rings. The monoisotopic (exact) mass is 733 g/mol. The number of rotatable bonds is 2. The maximum atomic E-state index is 5.63. The van der Waals surface area contributed by atoms with Gasteiger partial charge in [0.1, 0.15) is 0 Å². The molecule has 4 heterocycles. The largest absolute Gasteiger partial charge is 0.276 e. The second kappa shape index (κ2) is 11.0. The van der Waals surface area contributed by atoms with Crippen LogP contribution in [-0.4, -0.2) is 14.5 Å². The molecule has 0 aliphatic heterocycles. The second-order valence-electron chi connectivity index (χ2n) is 14.5. The van der Waals surface area contributed by atoms with E-state index in [1.807, 2.05) is 22.7 Å². The van der Waals surface area contributed by atoms with Crippen LogP contribution in [0.15, 0.2) is 164 Å². The third-order valence-electron chi connectivity index (χ3n) is 11.6. The molecule has 254 valence electrons. The zero-order valence-corrected chi connectivity index (χ0v) is 30.9. The number of para-hydroxylation sites is 1. The van der Waals surface area contributed by atoms with Gasteiger partial charge in [-0.1, -0.05) is 133 Å². The molecular formula is C50H27N3S2. The number of hydrogen-bond acceptors (Lipinski definition) is 4. The summed E-state index contributed by atoms with van der Waals surface area (Å²) in [6.07, 6.45) is 0. The van der Waals surface area contributed by atoms with Crippen LogP contribution < -0.4 is 0 Å². The van der Waals surface area contributed by atoms with E-state index in [1.165, 1.54) is 72.7 Å². The molecular weight excluding hydrogens is 707 g/mol. The summed E-state index contributed by atoms with van der Waals surface area (Å²) in [6.45, 7) is 0. The normalized spacial score (nSPS) is 12.4. The molecule has 0 saturated carbocycles. The van der Waals surface area contributed by atoms with Crippen molar-refractivity contribution < 1.29 is 0 Å². The Morgan fingerprint density at radius 3 is 1.89 bits per heavy atom. The van der Waals surface area contributed by atoms with E-state index in [4.69, 9.17) is 9.97 Å². The highest BCUT2D eigenvalue weighted by molar-refractivity contribution is 7.27. The first-order valence-corrected chi connectivity index (χ1v) is 20.2. The van der Waals surface area contributed by atoms with Gasteiger partial charge in [0.25, 0.3) is 0 Å². The minimum Gasteiger partial charge on any atom is -0.276 e. The van der Waals surface area contributed by atoms with E-state index >= 15 is 0 Å². The van der Waals surface area contributed by atoms with Crippen molar-refractivity contribution in [2.24, 2.45) is 0 Å². The summed E-state index contributed by atoms with van der Waals surface area (Å²) >= 11 is 3.72. The topological polar surface area (TPSA) is 30.7 Å². The summed E-state index contributed by atoms with van der Waals surface area (Å²) in [5, 5.41) is 16.1. The van der Waals surface area contributed by atoms with Gasteiger partial charge in [0, 0.05) is 62.8 Å². The number of aromatic nitrogens is 3. The summed E-state index contributed by atoms with van der Waals surface area (Å²) in [6, 6.07) is 59.6. The molecule has 0 amide bonds. The lowest BCUT2D eigenvalue weighted by Gasteiger charge is -2.14. The van der Waals surface area contributed by atoms with Crippen molar-refractivity contribution >= 4 is 128 Å². The van der Waals surface area contributed by atoms with Crippen LogP contribution >= 0.6 is 22.7 Å². The van der Waals surface area contributed by atoms with Crippen molar-refractivity contribution in [3.05, 3.63) is 164 Å². The molecule has 0 aliphatic carbocycles. The number of thiophene rings is 2. The van der Waals surface area contributed by atoms with Gasteiger partial charge < -0.3 is 0 Å². The molecule has 0 atom stereocenters. The summed E-state index contributed by atoms with van der Waals surface area (Å²) in [7, 11) is 0. The predicted molar refractivity (Wildman–Crippen MR) is 238 cm³/mol. The first-order chi connectivity index (χ1) is 27.3. The number of nitrogens with zero attached hydrogens (tertiary/aromatic N) is 3. The quantitative estimate of drug-likeness (QED) is 0.166. The molecule has 9 aromatic carbocycles. The minimum atomic E-state index is 0.682. The van der Waals surface area contributed by atoms with Crippen molar-refractivity contribution in [1.82, 2.24) is 14.5 Å². The van der Waals surface area contributed by atoms with Crippen molar-refractivity contribution in [2.75, 3.05) is 0 Å². The maximum absolute atomic E-state index is 5.63. The SMILES string of the molecule is c1ccc2c(c1)ccc1c(-c3ccc4c(c3)sc3ccc5ccccc5c34)nc(-n3c4ccccc4c4c5ccccc5c5c6ccccc6sc5c43)nc12. The lowest BCUT2D eigenvalue weighted by atomic mass is 9.99.